The minimum atomic E-state index is -4.47. The molecule has 8 heteroatoms. The van der Waals surface area contributed by atoms with E-state index in [1.54, 1.807) is 0 Å². The number of hydrogen-bond acceptors (Lipinski definition) is 4. The Morgan fingerprint density at radius 2 is 1.04 bits per heavy atom. The standard InChI is InChI=1S/C46H27F3N4O/c47-46(48,49)32-22-19-28(20-23-32)36-27-31(45-51-43(29-11-3-1-4-12-29)50-44(52-45)30-13-5-2-6-14-30)21-25-38(36)53-37-17-9-7-16-35(37)41-39(53)26-24-34-33-15-8-10-18-40(33)54-42(34)41/h1-27H. The van der Waals surface area contributed by atoms with Crippen molar-refractivity contribution in [2.45, 2.75) is 6.18 Å². The van der Waals surface area contributed by atoms with Gasteiger partial charge in [0.05, 0.1) is 27.7 Å². The summed E-state index contributed by atoms with van der Waals surface area (Å²) in [6.45, 7) is 0. The predicted octanol–water partition coefficient (Wildman–Crippen LogP) is 12.6. The van der Waals surface area contributed by atoms with Crippen molar-refractivity contribution in [3.05, 3.63) is 169 Å². The smallest absolute Gasteiger partial charge is 0.416 e. The average Bonchev–Trinajstić information content (AvgIpc) is 3.77. The summed E-state index contributed by atoms with van der Waals surface area (Å²) in [5, 5.41) is 4.00. The Balaban J connectivity index is 1.24. The van der Waals surface area contributed by atoms with Gasteiger partial charge in [0, 0.05) is 38.4 Å². The normalized spacial score (nSPS) is 12.0. The van der Waals surface area contributed by atoms with Gasteiger partial charge in [-0.1, -0.05) is 109 Å². The Bertz CT molecular complexity index is 2970. The van der Waals surface area contributed by atoms with Gasteiger partial charge in [-0.15, -0.1) is 0 Å². The zero-order chi connectivity index (χ0) is 36.4. The van der Waals surface area contributed by atoms with Crippen LogP contribution < -0.4 is 0 Å². The van der Waals surface area contributed by atoms with E-state index < -0.39 is 11.7 Å². The van der Waals surface area contributed by atoms with E-state index in [9.17, 15) is 13.2 Å². The minimum Gasteiger partial charge on any atom is -0.455 e. The van der Waals surface area contributed by atoms with E-state index >= 15 is 0 Å². The fourth-order valence-corrected chi connectivity index (χ4v) is 7.37. The van der Waals surface area contributed by atoms with Crippen LogP contribution in [0.3, 0.4) is 0 Å². The first-order valence-corrected chi connectivity index (χ1v) is 17.4. The highest BCUT2D eigenvalue weighted by Crippen LogP contribution is 2.43. The maximum atomic E-state index is 13.8. The third kappa shape index (κ3) is 5.22. The third-order valence-corrected chi connectivity index (χ3v) is 9.90. The number of rotatable bonds is 5. The minimum absolute atomic E-state index is 0.439. The lowest BCUT2D eigenvalue weighted by Gasteiger charge is -2.17. The number of hydrogen-bond donors (Lipinski definition) is 0. The molecule has 0 amide bonds. The molecule has 0 N–H and O–H groups in total. The van der Waals surface area contributed by atoms with Crippen molar-refractivity contribution in [1.29, 1.82) is 0 Å². The molecule has 0 aliphatic carbocycles. The molecule has 0 saturated heterocycles. The second-order valence-electron chi connectivity index (χ2n) is 13.1. The van der Waals surface area contributed by atoms with E-state index in [-0.39, 0.29) is 0 Å². The molecule has 0 spiro atoms. The number of halogens is 3. The monoisotopic (exact) mass is 708 g/mol. The predicted molar refractivity (Wildman–Crippen MR) is 208 cm³/mol. The van der Waals surface area contributed by atoms with E-state index in [1.165, 1.54) is 12.1 Å². The summed E-state index contributed by atoms with van der Waals surface area (Å²) in [5.74, 6) is 1.46. The van der Waals surface area contributed by atoms with E-state index in [1.807, 2.05) is 109 Å². The maximum Gasteiger partial charge on any atom is 0.416 e. The maximum absolute atomic E-state index is 13.8. The molecular weight excluding hydrogens is 682 g/mol. The average molecular weight is 709 g/mol. The number of para-hydroxylation sites is 2. The van der Waals surface area contributed by atoms with E-state index in [0.717, 1.165) is 72.7 Å². The number of benzene rings is 7. The first-order chi connectivity index (χ1) is 26.4. The van der Waals surface area contributed by atoms with E-state index in [4.69, 9.17) is 19.4 Å². The summed E-state index contributed by atoms with van der Waals surface area (Å²) in [7, 11) is 0. The largest absolute Gasteiger partial charge is 0.455 e. The van der Waals surface area contributed by atoms with Crippen LogP contribution in [0.1, 0.15) is 5.56 Å². The van der Waals surface area contributed by atoms with Crippen molar-refractivity contribution < 1.29 is 17.6 Å². The van der Waals surface area contributed by atoms with Gasteiger partial charge in [0.2, 0.25) is 0 Å². The molecule has 0 aliphatic rings. The number of nitrogens with zero attached hydrogens (tertiary/aromatic N) is 4. The van der Waals surface area contributed by atoms with Crippen molar-refractivity contribution in [3.63, 3.8) is 0 Å². The molecule has 3 aromatic heterocycles. The number of aromatic nitrogens is 4. The summed E-state index contributed by atoms with van der Waals surface area (Å²) in [4.78, 5) is 14.7. The van der Waals surface area contributed by atoms with Crippen molar-refractivity contribution in [1.82, 2.24) is 19.5 Å². The molecule has 0 aliphatic heterocycles. The van der Waals surface area contributed by atoms with Crippen LogP contribution in [0, 0.1) is 0 Å². The van der Waals surface area contributed by atoms with Crippen molar-refractivity contribution in [3.8, 4) is 51.0 Å². The molecule has 0 atom stereocenters. The van der Waals surface area contributed by atoms with Gasteiger partial charge in [0.25, 0.3) is 0 Å². The molecule has 54 heavy (non-hydrogen) atoms. The van der Waals surface area contributed by atoms with E-state index in [0.29, 0.717) is 34.2 Å². The first-order valence-electron chi connectivity index (χ1n) is 17.4. The Morgan fingerprint density at radius 1 is 0.463 bits per heavy atom. The fraction of sp³-hybridized carbons (Fsp3) is 0.0217. The SMILES string of the molecule is FC(F)(F)c1ccc(-c2cc(-c3nc(-c4ccccc4)nc(-c4ccccc4)n3)ccc2-n2c3ccccc3c3c4oc5ccccc5c4ccc32)cc1. The summed E-state index contributed by atoms with van der Waals surface area (Å²) in [5.41, 5.74) is 7.14. The highest BCUT2D eigenvalue weighted by atomic mass is 19.4. The van der Waals surface area contributed by atoms with Gasteiger partial charge in [-0.3, -0.25) is 0 Å². The summed E-state index contributed by atoms with van der Waals surface area (Å²) < 4.78 is 50.0. The zero-order valence-corrected chi connectivity index (χ0v) is 28.4. The number of fused-ring (bicyclic) bond motifs is 7. The molecule has 0 saturated carbocycles. The van der Waals surface area contributed by atoms with Crippen LogP contribution in [0.2, 0.25) is 0 Å². The van der Waals surface area contributed by atoms with Gasteiger partial charge in [-0.25, -0.2) is 15.0 Å². The van der Waals surface area contributed by atoms with Crippen LogP contribution in [0.15, 0.2) is 168 Å². The lowest BCUT2D eigenvalue weighted by molar-refractivity contribution is -0.137. The Hall–Kier alpha value is -7.06. The molecule has 0 bridgehead atoms. The Morgan fingerprint density at radius 3 is 1.70 bits per heavy atom. The van der Waals surface area contributed by atoms with Gasteiger partial charge in [0.1, 0.15) is 11.2 Å². The highest BCUT2D eigenvalue weighted by molar-refractivity contribution is 6.24. The van der Waals surface area contributed by atoms with Crippen LogP contribution >= 0.6 is 0 Å². The molecule has 10 aromatic rings. The van der Waals surface area contributed by atoms with Gasteiger partial charge in [-0.05, 0) is 60.2 Å². The van der Waals surface area contributed by atoms with Crippen LogP contribution in [0.5, 0.6) is 0 Å². The Labute approximate surface area is 306 Å². The summed E-state index contributed by atoms with van der Waals surface area (Å²) >= 11 is 0. The van der Waals surface area contributed by atoms with Crippen LogP contribution in [-0.4, -0.2) is 19.5 Å². The number of furan rings is 1. The molecule has 3 heterocycles. The second kappa shape index (κ2) is 12.3. The van der Waals surface area contributed by atoms with Crippen LogP contribution in [0.4, 0.5) is 13.2 Å². The molecule has 5 nitrogen and oxygen atoms in total. The van der Waals surface area contributed by atoms with Crippen molar-refractivity contribution in [2.75, 3.05) is 0 Å². The zero-order valence-electron chi connectivity index (χ0n) is 28.4. The number of alkyl halides is 3. The Kier molecular flexibility index (Phi) is 7.20. The lowest BCUT2D eigenvalue weighted by Crippen LogP contribution is -2.04. The van der Waals surface area contributed by atoms with E-state index in [2.05, 4.69) is 34.9 Å². The molecule has 258 valence electrons. The molecule has 0 unspecified atom stereocenters. The molecule has 0 radical (unpaired) electrons. The van der Waals surface area contributed by atoms with Crippen LogP contribution in [0.25, 0.3) is 94.7 Å². The quantitative estimate of drug-likeness (QED) is 0.179. The lowest BCUT2D eigenvalue weighted by atomic mass is 9.98. The van der Waals surface area contributed by atoms with Gasteiger partial charge >= 0.3 is 6.18 Å². The van der Waals surface area contributed by atoms with Crippen molar-refractivity contribution in [2.24, 2.45) is 0 Å². The highest BCUT2D eigenvalue weighted by Gasteiger charge is 2.30. The topological polar surface area (TPSA) is 56.7 Å². The van der Waals surface area contributed by atoms with Crippen LogP contribution in [-0.2, 0) is 6.18 Å². The molecule has 7 aromatic carbocycles. The van der Waals surface area contributed by atoms with Gasteiger partial charge in [-0.2, -0.15) is 13.2 Å². The first kappa shape index (κ1) is 31.7. The van der Waals surface area contributed by atoms with Crippen molar-refractivity contribution >= 4 is 43.7 Å². The third-order valence-electron chi connectivity index (χ3n) is 9.90. The summed E-state index contributed by atoms with van der Waals surface area (Å²) in [6.07, 6.45) is -4.47. The molecule has 10 rings (SSSR count). The van der Waals surface area contributed by atoms with Gasteiger partial charge in [0.15, 0.2) is 17.5 Å². The summed E-state index contributed by atoms with van der Waals surface area (Å²) in [6, 6.07) is 50.9. The fourth-order valence-electron chi connectivity index (χ4n) is 7.37. The molecular formula is C46H27F3N4O. The van der Waals surface area contributed by atoms with Gasteiger partial charge < -0.3 is 8.98 Å². The molecule has 0 fully saturated rings. The second-order valence-corrected chi connectivity index (χ2v) is 13.1.